The summed E-state index contributed by atoms with van der Waals surface area (Å²) in [4.78, 5) is 17.2. The average Bonchev–Trinajstić information content (AvgIpc) is 3.14. The highest BCUT2D eigenvalue weighted by molar-refractivity contribution is 7.09. The van der Waals surface area contributed by atoms with Crippen LogP contribution in [0.3, 0.4) is 0 Å². The molecule has 0 fully saturated rings. The van der Waals surface area contributed by atoms with Gasteiger partial charge in [-0.1, -0.05) is 44.2 Å². The van der Waals surface area contributed by atoms with E-state index in [1.54, 1.807) is 11.3 Å². The number of aryl methyl sites for hydroxylation is 1. The van der Waals surface area contributed by atoms with Gasteiger partial charge in [-0.15, -0.1) is 11.3 Å². The molecule has 4 nitrogen and oxygen atoms in total. The Balaban J connectivity index is 1.65. The van der Waals surface area contributed by atoms with Crippen LogP contribution in [0.15, 0.2) is 53.9 Å². The second-order valence-corrected chi connectivity index (χ2v) is 8.14. The Hall–Kier alpha value is -2.66. The normalized spacial score (nSPS) is 13.0. The Kier molecular flexibility index (Phi) is 6.47. The Bertz CT molecular complexity index is 933. The molecule has 5 heteroatoms. The summed E-state index contributed by atoms with van der Waals surface area (Å²) in [7, 11) is 0. The first-order valence-corrected chi connectivity index (χ1v) is 10.5. The van der Waals surface area contributed by atoms with Crippen molar-refractivity contribution in [1.29, 1.82) is 0 Å². The number of rotatable bonds is 7. The summed E-state index contributed by atoms with van der Waals surface area (Å²) >= 11 is 1.64. The SMILES string of the molecule is CCC(C)c1ccccc1NC(=O)C(C)Nc1ccc(-c2csc(C)n2)cc1. The molecule has 0 bridgehead atoms. The zero-order chi connectivity index (χ0) is 20.1. The lowest BCUT2D eigenvalue weighted by molar-refractivity contribution is -0.116. The van der Waals surface area contributed by atoms with Gasteiger partial charge in [0.15, 0.2) is 0 Å². The van der Waals surface area contributed by atoms with Crippen LogP contribution in [0.4, 0.5) is 11.4 Å². The van der Waals surface area contributed by atoms with Crippen molar-refractivity contribution >= 4 is 28.6 Å². The van der Waals surface area contributed by atoms with Gasteiger partial charge in [0.2, 0.25) is 5.91 Å². The van der Waals surface area contributed by atoms with Crippen LogP contribution in [0.1, 0.15) is 43.7 Å². The maximum atomic E-state index is 12.7. The average molecular weight is 394 g/mol. The third-order valence-electron chi connectivity index (χ3n) is 4.94. The van der Waals surface area contributed by atoms with Crippen LogP contribution >= 0.6 is 11.3 Å². The zero-order valence-electron chi connectivity index (χ0n) is 16.8. The number of carbonyl (C=O) groups is 1. The lowest BCUT2D eigenvalue weighted by atomic mass is 9.97. The smallest absolute Gasteiger partial charge is 0.246 e. The zero-order valence-corrected chi connectivity index (χ0v) is 17.6. The van der Waals surface area contributed by atoms with Crippen LogP contribution in [-0.4, -0.2) is 16.9 Å². The molecule has 0 saturated heterocycles. The summed E-state index contributed by atoms with van der Waals surface area (Å²) in [6.45, 7) is 8.21. The molecule has 0 aliphatic carbocycles. The molecular formula is C23H27N3OS. The standard InChI is InChI=1S/C23H27N3OS/c1-5-15(2)20-8-6-7-9-21(20)26-23(27)16(3)24-19-12-10-18(11-13-19)22-14-28-17(4)25-22/h6-16,24H,5H2,1-4H3,(H,26,27). The maximum absolute atomic E-state index is 12.7. The van der Waals surface area contributed by atoms with E-state index in [0.29, 0.717) is 5.92 Å². The third kappa shape index (κ3) is 4.78. The first-order valence-electron chi connectivity index (χ1n) is 9.66. The van der Waals surface area contributed by atoms with E-state index < -0.39 is 0 Å². The molecule has 2 atom stereocenters. The molecule has 2 N–H and O–H groups in total. The molecular weight excluding hydrogens is 366 g/mol. The first-order chi connectivity index (χ1) is 13.5. The second kappa shape index (κ2) is 9.02. The molecule has 0 radical (unpaired) electrons. The topological polar surface area (TPSA) is 54.0 Å². The van der Waals surface area contributed by atoms with Crippen LogP contribution in [-0.2, 0) is 4.79 Å². The maximum Gasteiger partial charge on any atom is 0.246 e. The Morgan fingerprint density at radius 1 is 1.11 bits per heavy atom. The highest BCUT2D eigenvalue weighted by Gasteiger charge is 2.16. The first kappa shape index (κ1) is 20.1. The Morgan fingerprint density at radius 2 is 1.82 bits per heavy atom. The number of para-hydroxylation sites is 1. The van der Waals surface area contributed by atoms with E-state index in [4.69, 9.17) is 0 Å². The van der Waals surface area contributed by atoms with Gasteiger partial charge < -0.3 is 10.6 Å². The van der Waals surface area contributed by atoms with E-state index in [0.717, 1.165) is 34.1 Å². The van der Waals surface area contributed by atoms with E-state index in [2.05, 4.69) is 40.9 Å². The van der Waals surface area contributed by atoms with Crippen LogP contribution in [0.25, 0.3) is 11.3 Å². The predicted molar refractivity (Wildman–Crippen MR) is 119 cm³/mol. The predicted octanol–water partition coefficient (Wildman–Crippen LogP) is 6.07. The fourth-order valence-corrected chi connectivity index (χ4v) is 3.67. The van der Waals surface area contributed by atoms with Gasteiger partial charge in [0, 0.05) is 22.3 Å². The van der Waals surface area contributed by atoms with Gasteiger partial charge in [-0.05, 0) is 49.9 Å². The number of carbonyl (C=O) groups excluding carboxylic acids is 1. The molecule has 3 rings (SSSR count). The summed E-state index contributed by atoms with van der Waals surface area (Å²) in [5.41, 5.74) is 5.04. The quantitative estimate of drug-likeness (QED) is 0.512. The summed E-state index contributed by atoms with van der Waals surface area (Å²) in [5, 5.41) is 9.47. The number of benzene rings is 2. The van der Waals surface area contributed by atoms with Crippen molar-refractivity contribution in [3.05, 3.63) is 64.5 Å². The summed E-state index contributed by atoms with van der Waals surface area (Å²) in [6.07, 6.45) is 1.03. The Morgan fingerprint density at radius 3 is 2.46 bits per heavy atom. The van der Waals surface area contributed by atoms with E-state index in [-0.39, 0.29) is 11.9 Å². The van der Waals surface area contributed by atoms with Crippen molar-refractivity contribution in [1.82, 2.24) is 4.98 Å². The molecule has 0 saturated carbocycles. The third-order valence-corrected chi connectivity index (χ3v) is 5.71. The monoisotopic (exact) mass is 393 g/mol. The van der Waals surface area contributed by atoms with E-state index >= 15 is 0 Å². The summed E-state index contributed by atoms with van der Waals surface area (Å²) < 4.78 is 0. The minimum absolute atomic E-state index is 0.0463. The molecule has 1 heterocycles. The lowest BCUT2D eigenvalue weighted by Gasteiger charge is -2.19. The van der Waals surface area contributed by atoms with Crippen molar-refractivity contribution < 1.29 is 4.79 Å². The van der Waals surface area contributed by atoms with Crippen molar-refractivity contribution in [3.63, 3.8) is 0 Å². The van der Waals surface area contributed by atoms with Gasteiger partial charge in [-0.3, -0.25) is 4.79 Å². The van der Waals surface area contributed by atoms with Crippen LogP contribution in [0.2, 0.25) is 0 Å². The molecule has 3 aromatic rings. The van der Waals surface area contributed by atoms with Gasteiger partial charge in [0.05, 0.1) is 10.7 Å². The van der Waals surface area contributed by atoms with Crippen molar-refractivity contribution in [2.75, 3.05) is 10.6 Å². The minimum Gasteiger partial charge on any atom is -0.374 e. The molecule has 1 amide bonds. The van der Waals surface area contributed by atoms with Crippen molar-refractivity contribution in [2.45, 2.75) is 46.1 Å². The number of nitrogens with one attached hydrogen (secondary N) is 2. The van der Waals surface area contributed by atoms with E-state index in [1.807, 2.05) is 56.3 Å². The van der Waals surface area contributed by atoms with Gasteiger partial charge in [0.25, 0.3) is 0 Å². The largest absolute Gasteiger partial charge is 0.374 e. The minimum atomic E-state index is -0.350. The van der Waals surface area contributed by atoms with Crippen LogP contribution in [0, 0.1) is 6.92 Å². The van der Waals surface area contributed by atoms with Crippen LogP contribution in [0.5, 0.6) is 0 Å². The molecule has 28 heavy (non-hydrogen) atoms. The van der Waals surface area contributed by atoms with E-state index in [1.165, 1.54) is 5.56 Å². The van der Waals surface area contributed by atoms with Crippen LogP contribution < -0.4 is 10.6 Å². The fraction of sp³-hybridized carbons (Fsp3) is 0.304. The molecule has 2 aromatic carbocycles. The van der Waals surface area contributed by atoms with Gasteiger partial charge in [-0.25, -0.2) is 4.98 Å². The molecule has 0 spiro atoms. The molecule has 0 aliphatic heterocycles. The van der Waals surface area contributed by atoms with Crippen molar-refractivity contribution in [3.8, 4) is 11.3 Å². The number of anilines is 2. The molecule has 0 aliphatic rings. The number of aromatic nitrogens is 1. The molecule has 2 unspecified atom stereocenters. The number of nitrogens with zero attached hydrogens (tertiary/aromatic N) is 1. The highest BCUT2D eigenvalue weighted by Crippen LogP contribution is 2.27. The summed E-state index contributed by atoms with van der Waals surface area (Å²) in [5.74, 6) is 0.358. The second-order valence-electron chi connectivity index (χ2n) is 7.08. The number of hydrogen-bond donors (Lipinski definition) is 2. The van der Waals surface area contributed by atoms with Gasteiger partial charge >= 0.3 is 0 Å². The lowest BCUT2D eigenvalue weighted by Crippen LogP contribution is -2.32. The van der Waals surface area contributed by atoms with Gasteiger partial charge in [-0.2, -0.15) is 0 Å². The fourth-order valence-electron chi connectivity index (χ4n) is 3.05. The molecule has 146 valence electrons. The summed E-state index contributed by atoms with van der Waals surface area (Å²) in [6, 6.07) is 15.7. The van der Waals surface area contributed by atoms with Crippen molar-refractivity contribution in [2.24, 2.45) is 0 Å². The van der Waals surface area contributed by atoms with Gasteiger partial charge in [0.1, 0.15) is 6.04 Å². The number of hydrogen-bond acceptors (Lipinski definition) is 4. The molecule has 1 aromatic heterocycles. The van der Waals surface area contributed by atoms with E-state index in [9.17, 15) is 4.79 Å². The highest BCUT2D eigenvalue weighted by atomic mass is 32.1. The number of amides is 1. The Labute approximate surface area is 171 Å². The number of thiazole rings is 1.